The number of H-pyrrole nitrogens is 1. The molecule has 0 unspecified atom stereocenters. The van der Waals surface area contributed by atoms with Crippen LogP contribution in [0.5, 0.6) is 11.5 Å². The molecule has 5 heteroatoms. The van der Waals surface area contributed by atoms with Gasteiger partial charge >= 0.3 is 0 Å². The lowest BCUT2D eigenvalue weighted by atomic mass is 10.1. The van der Waals surface area contributed by atoms with E-state index in [4.69, 9.17) is 4.74 Å². The van der Waals surface area contributed by atoms with E-state index in [0.717, 1.165) is 16.6 Å². The van der Waals surface area contributed by atoms with E-state index in [1.165, 1.54) is 17.7 Å². The Bertz CT molecular complexity index is 1180. The van der Waals surface area contributed by atoms with E-state index in [1.807, 2.05) is 25.1 Å². The van der Waals surface area contributed by atoms with Gasteiger partial charge in [0.2, 0.25) is 0 Å². The second-order valence-corrected chi connectivity index (χ2v) is 6.68. The Hall–Kier alpha value is -3.60. The molecule has 0 saturated heterocycles. The summed E-state index contributed by atoms with van der Waals surface area (Å²) in [5.41, 5.74) is 4.20. The Morgan fingerprint density at radius 1 is 0.964 bits per heavy atom. The van der Waals surface area contributed by atoms with Crippen molar-refractivity contribution in [2.24, 2.45) is 0 Å². The molecule has 1 amide bonds. The highest BCUT2D eigenvalue weighted by Gasteiger charge is 2.10. The fourth-order valence-electron chi connectivity index (χ4n) is 3.11. The first-order chi connectivity index (χ1) is 13.5. The molecule has 0 aliphatic rings. The van der Waals surface area contributed by atoms with Gasteiger partial charge in [0.15, 0.2) is 0 Å². The number of rotatable bonds is 4. The van der Waals surface area contributed by atoms with Crippen LogP contribution in [0.25, 0.3) is 10.9 Å². The monoisotopic (exact) mass is 374 g/mol. The Labute approximate surface area is 162 Å². The Morgan fingerprint density at radius 2 is 1.75 bits per heavy atom. The number of aryl methyl sites for hydroxylation is 2. The van der Waals surface area contributed by atoms with Gasteiger partial charge < -0.3 is 15.0 Å². The van der Waals surface area contributed by atoms with Gasteiger partial charge in [0.1, 0.15) is 17.3 Å². The van der Waals surface area contributed by atoms with Crippen LogP contribution in [0.15, 0.2) is 66.7 Å². The van der Waals surface area contributed by atoms with Crippen molar-refractivity contribution in [2.45, 2.75) is 13.8 Å². The standard InChI is InChI=1S/C23H19FN2O2/c1-14-15(2)25-22-10-9-20(13-21(14)22)28-19-8-3-5-16(11-19)23(27)26-18-7-4-6-17(24)12-18/h3-13,25H,1-2H3,(H,26,27). The lowest BCUT2D eigenvalue weighted by molar-refractivity contribution is 0.102. The van der Waals surface area contributed by atoms with Crippen LogP contribution in [0.4, 0.5) is 10.1 Å². The molecule has 0 fully saturated rings. The zero-order chi connectivity index (χ0) is 19.7. The highest BCUT2D eigenvalue weighted by molar-refractivity contribution is 6.04. The van der Waals surface area contributed by atoms with Crippen molar-refractivity contribution < 1.29 is 13.9 Å². The van der Waals surface area contributed by atoms with E-state index in [0.29, 0.717) is 22.7 Å². The number of carbonyl (C=O) groups is 1. The maximum Gasteiger partial charge on any atom is 0.255 e. The fraction of sp³-hybridized carbons (Fsp3) is 0.0870. The number of nitrogens with one attached hydrogen (secondary N) is 2. The van der Waals surface area contributed by atoms with Gasteiger partial charge in [0.25, 0.3) is 5.91 Å². The summed E-state index contributed by atoms with van der Waals surface area (Å²) in [6.07, 6.45) is 0. The van der Waals surface area contributed by atoms with E-state index >= 15 is 0 Å². The SMILES string of the molecule is Cc1[nH]c2ccc(Oc3cccc(C(=O)Nc4cccc(F)c4)c3)cc2c1C. The summed E-state index contributed by atoms with van der Waals surface area (Å²) in [5.74, 6) is 0.512. The third kappa shape index (κ3) is 3.60. The summed E-state index contributed by atoms with van der Waals surface area (Å²) in [5, 5.41) is 3.79. The number of fused-ring (bicyclic) bond motifs is 1. The molecule has 0 spiro atoms. The highest BCUT2D eigenvalue weighted by atomic mass is 19.1. The molecule has 140 valence electrons. The average Bonchev–Trinajstić information content (AvgIpc) is 2.96. The van der Waals surface area contributed by atoms with Gasteiger partial charge in [0, 0.05) is 27.8 Å². The van der Waals surface area contributed by atoms with Crippen molar-refractivity contribution in [3.8, 4) is 11.5 Å². The highest BCUT2D eigenvalue weighted by Crippen LogP contribution is 2.29. The van der Waals surface area contributed by atoms with Gasteiger partial charge in [-0.3, -0.25) is 4.79 Å². The molecule has 0 aliphatic heterocycles. The predicted molar refractivity (Wildman–Crippen MR) is 109 cm³/mol. The normalized spacial score (nSPS) is 10.8. The molecule has 4 rings (SSSR count). The number of ether oxygens (including phenoxy) is 1. The lowest BCUT2D eigenvalue weighted by Gasteiger charge is -2.09. The molecule has 0 aliphatic carbocycles. The predicted octanol–water partition coefficient (Wildman–Crippen LogP) is 5.97. The van der Waals surface area contributed by atoms with Gasteiger partial charge in [-0.2, -0.15) is 0 Å². The quantitative estimate of drug-likeness (QED) is 0.462. The van der Waals surface area contributed by atoms with Crippen LogP contribution in [0.3, 0.4) is 0 Å². The molecular weight excluding hydrogens is 355 g/mol. The van der Waals surface area contributed by atoms with Gasteiger partial charge in [-0.15, -0.1) is 0 Å². The lowest BCUT2D eigenvalue weighted by Crippen LogP contribution is -2.11. The smallest absolute Gasteiger partial charge is 0.255 e. The second-order valence-electron chi connectivity index (χ2n) is 6.68. The van der Waals surface area contributed by atoms with Crippen LogP contribution in [0.2, 0.25) is 0 Å². The number of hydrogen-bond acceptors (Lipinski definition) is 2. The second kappa shape index (κ2) is 7.19. The van der Waals surface area contributed by atoms with Crippen molar-refractivity contribution in [3.05, 3.63) is 89.4 Å². The summed E-state index contributed by atoms with van der Waals surface area (Å²) in [6.45, 7) is 4.10. The number of aromatic amines is 1. The number of aromatic nitrogens is 1. The molecule has 0 radical (unpaired) electrons. The van der Waals surface area contributed by atoms with Crippen molar-refractivity contribution >= 4 is 22.5 Å². The van der Waals surface area contributed by atoms with Crippen LogP contribution in [0, 0.1) is 19.7 Å². The molecule has 28 heavy (non-hydrogen) atoms. The van der Waals surface area contributed by atoms with E-state index in [2.05, 4.69) is 17.2 Å². The first kappa shape index (κ1) is 17.8. The van der Waals surface area contributed by atoms with Gasteiger partial charge in [-0.25, -0.2) is 4.39 Å². The summed E-state index contributed by atoms with van der Waals surface area (Å²) in [7, 11) is 0. The summed E-state index contributed by atoms with van der Waals surface area (Å²) in [6, 6.07) is 18.5. The third-order valence-corrected chi connectivity index (χ3v) is 4.69. The molecule has 2 N–H and O–H groups in total. The van der Waals surface area contributed by atoms with E-state index in [-0.39, 0.29) is 5.91 Å². The van der Waals surface area contributed by atoms with Crippen molar-refractivity contribution in [1.82, 2.24) is 4.98 Å². The molecule has 0 saturated carbocycles. The molecule has 1 heterocycles. The summed E-state index contributed by atoms with van der Waals surface area (Å²) >= 11 is 0. The number of carbonyl (C=O) groups excluding carboxylic acids is 1. The van der Waals surface area contributed by atoms with Gasteiger partial charge in [-0.1, -0.05) is 12.1 Å². The first-order valence-electron chi connectivity index (χ1n) is 8.93. The Morgan fingerprint density at radius 3 is 2.57 bits per heavy atom. The molecule has 4 nitrogen and oxygen atoms in total. The minimum Gasteiger partial charge on any atom is -0.457 e. The van der Waals surface area contributed by atoms with Gasteiger partial charge in [-0.05, 0) is 74.0 Å². The third-order valence-electron chi connectivity index (χ3n) is 4.69. The van der Waals surface area contributed by atoms with Crippen LogP contribution < -0.4 is 10.1 Å². The molecule has 3 aromatic carbocycles. The maximum absolute atomic E-state index is 13.3. The van der Waals surface area contributed by atoms with E-state index < -0.39 is 5.82 Å². The Balaban J connectivity index is 1.55. The number of halogens is 1. The summed E-state index contributed by atoms with van der Waals surface area (Å²) in [4.78, 5) is 15.8. The topological polar surface area (TPSA) is 54.1 Å². The van der Waals surface area contributed by atoms with Crippen molar-refractivity contribution in [1.29, 1.82) is 0 Å². The van der Waals surface area contributed by atoms with Crippen LogP contribution in [-0.2, 0) is 0 Å². The van der Waals surface area contributed by atoms with E-state index in [9.17, 15) is 9.18 Å². The molecular formula is C23H19FN2O2. The molecule has 0 atom stereocenters. The minimum absolute atomic E-state index is 0.330. The maximum atomic E-state index is 13.3. The molecule has 4 aromatic rings. The molecule has 1 aromatic heterocycles. The zero-order valence-corrected chi connectivity index (χ0v) is 15.5. The number of anilines is 1. The fourth-order valence-corrected chi connectivity index (χ4v) is 3.11. The van der Waals surface area contributed by atoms with Crippen LogP contribution in [0.1, 0.15) is 21.6 Å². The summed E-state index contributed by atoms with van der Waals surface area (Å²) < 4.78 is 19.3. The van der Waals surface area contributed by atoms with Crippen molar-refractivity contribution in [2.75, 3.05) is 5.32 Å². The van der Waals surface area contributed by atoms with Crippen molar-refractivity contribution in [3.63, 3.8) is 0 Å². The van der Waals surface area contributed by atoms with Gasteiger partial charge in [0.05, 0.1) is 0 Å². The number of benzene rings is 3. The first-order valence-corrected chi connectivity index (χ1v) is 8.93. The zero-order valence-electron chi connectivity index (χ0n) is 15.5. The van der Waals surface area contributed by atoms with E-state index in [1.54, 1.807) is 36.4 Å². The molecule has 0 bridgehead atoms. The minimum atomic E-state index is -0.402. The number of amides is 1. The Kier molecular flexibility index (Phi) is 4.57. The average molecular weight is 374 g/mol. The largest absolute Gasteiger partial charge is 0.457 e. The van der Waals surface area contributed by atoms with Crippen LogP contribution in [-0.4, -0.2) is 10.9 Å². The number of hydrogen-bond donors (Lipinski definition) is 2. The van der Waals surface area contributed by atoms with Crippen LogP contribution >= 0.6 is 0 Å².